The average molecular weight is 437 g/mol. The van der Waals surface area contributed by atoms with E-state index >= 15 is 0 Å². The number of carbonyl (C=O) groups excluding carboxylic acids is 1. The van der Waals surface area contributed by atoms with Crippen LogP contribution in [0.15, 0.2) is 42.5 Å². The quantitative estimate of drug-likeness (QED) is 0.598. The molecule has 0 radical (unpaired) electrons. The van der Waals surface area contributed by atoms with Gasteiger partial charge < -0.3 is 19.7 Å². The van der Waals surface area contributed by atoms with E-state index in [9.17, 15) is 4.79 Å². The topological polar surface area (TPSA) is 50.8 Å². The van der Waals surface area contributed by atoms with Crippen molar-refractivity contribution in [2.45, 2.75) is 51.6 Å². The van der Waals surface area contributed by atoms with E-state index in [2.05, 4.69) is 54.4 Å². The molecular weight excluding hydrogens is 400 g/mol. The van der Waals surface area contributed by atoms with Crippen LogP contribution in [-0.4, -0.2) is 50.3 Å². The monoisotopic (exact) mass is 436 g/mol. The van der Waals surface area contributed by atoms with Gasteiger partial charge in [-0.1, -0.05) is 30.3 Å². The van der Waals surface area contributed by atoms with E-state index in [1.807, 2.05) is 12.1 Å². The predicted octanol–water partition coefficient (Wildman–Crippen LogP) is 4.21. The number of hydrogen-bond acceptors (Lipinski definition) is 4. The van der Waals surface area contributed by atoms with Gasteiger partial charge in [-0.3, -0.25) is 4.79 Å². The molecule has 0 unspecified atom stereocenters. The van der Waals surface area contributed by atoms with Gasteiger partial charge in [0.15, 0.2) is 0 Å². The van der Waals surface area contributed by atoms with Crippen LogP contribution in [0.4, 0.5) is 0 Å². The average Bonchev–Trinajstić information content (AvgIpc) is 3.65. The molecule has 0 aromatic heterocycles. The first-order chi connectivity index (χ1) is 15.6. The molecule has 0 spiro atoms. The summed E-state index contributed by atoms with van der Waals surface area (Å²) >= 11 is 0. The Kier molecular flexibility index (Phi) is 7.48. The molecule has 0 bridgehead atoms. The predicted molar refractivity (Wildman–Crippen MR) is 127 cm³/mol. The highest BCUT2D eigenvalue weighted by molar-refractivity contribution is 5.81. The van der Waals surface area contributed by atoms with E-state index in [0.29, 0.717) is 25.8 Å². The van der Waals surface area contributed by atoms with Crippen LogP contribution in [0.2, 0.25) is 0 Å². The van der Waals surface area contributed by atoms with Gasteiger partial charge in [-0.2, -0.15) is 0 Å². The van der Waals surface area contributed by atoms with Crippen molar-refractivity contribution < 1.29 is 14.3 Å². The van der Waals surface area contributed by atoms with E-state index in [4.69, 9.17) is 9.47 Å². The van der Waals surface area contributed by atoms with Crippen LogP contribution in [0.25, 0.3) is 0 Å². The molecular formula is C27H36N2O3. The zero-order valence-electron chi connectivity index (χ0n) is 19.6. The Bertz CT molecular complexity index is 925. The highest BCUT2D eigenvalue weighted by Crippen LogP contribution is 2.37. The molecule has 2 aromatic carbocycles. The number of methoxy groups -OCH3 is 1. The van der Waals surface area contributed by atoms with Crippen molar-refractivity contribution in [3.05, 3.63) is 64.7 Å². The first-order valence-electron chi connectivity index (χ1n) is 11.9. The van der Waals surface area contributed by atoms with Gasteiger partial charge in [0.25, 0.3) is 0 Å². The lowest BCUT2D eigenvalue weighted by atomic mass is 9.80. The largest absolute Gasteiger partial charge is 0.491 e. The second-order valence-corrected chi connectivity index (χ2v) is 9.18. The standard InChI is InChI=1S/C27H36N2O3/c1-19-6-4-8-22(20(19)2)18-29(23-10-11-23)27(30)26-17-28-13-12-25(26)21-7-5-9-24(16-21)32-15-14-31-3/h4-9,16,23,25-26,28H,10-15,17-18H2,1-3H3/t25-,26+/m1/s1. The summed E-state index contributed by atoms with van der Waals surface area (Å²) in [5.74, 6) is 1.29. The van der Waals surface area contributed by atoms with Crippen molar-refractivity contribution in [1.29, 1.82) is 0 Å². The minimum atomic E-state index is -0.0521. The first-order valence-corrected chi connectivity index (χ1v) is 11.9. The molecule has 172 valence electrons. The number of aryl methyl sites for hydroxylation is 1. The number of benzene rings is 2. The summed E-state index contributed by atoms with van der Waals surface area (Å²) in [7, 11) is 1.68. The summed E-state index contributed by atoms with van der Waals surface area (Å²) in [4.78, 5) is 16.1. The van der Waals surface area contributed by atoms with Gasteiger partial charge in [-0.15, -0.1) is 0 Å². The number of carbonyl (C=O) groups is 1. The van der Waals surface area contributed by atoms with E-state index in [1.54, 1.807) is 7.11 Å². The maximum Gasteiger partial charge on any atom is 0.228 e. The van der Waals surface area contributed by atoms with E-state index in [0.717, 1.165) is 38.1 Å². The molecule has 2 aliphatic rings. The van der Waals surface area contributed by atoms with Crippen molar-refractivity contribution in [2.24, 2.45) is 5.92 Å². The van der Waals surface area contributed by atoms with Gasteiger partial charge >= 0.3 is 0 Å². The number of piperidine rings is 1. The zero-order valence-corrected chi connectivity index (χ0v) is 19.6. The Labute approximate surface area is 192 Å². The molecule has 1 aliphatic carbocycles. The fraction of sp³-hybridized carbons (Fsp3) is 0.519. The second kappa shape index (κ2) is 10.5. The highest BCUT2D eigenvalue weighted by Gasteiger charge is 2.40. The first kappa shape index (κ1) is 22.8. The molecule has 1 saturated heterocycles. The van der Waals surface area contributed by atoms with Crippen LogP contribution in [-0.2, 0) is 16.1 Å². The third-order valence-corrected chi connectivity index (χ3v) is 6.97. The molecule has 1 saturated carbocycles. The van der Waals surface area contributed by atoms with Crippen molar-refractivity contribution >= 4 is 5.91 Å². The van der Waals surface area contributed by atoms with Gasteiger partial charge in [-0.25, -0.2) is 0 Å². The zero-order chi connectivity index (χ0) is 22.5. The maximum atomic E-state index is 13.9. The molecule has 2 aromatic rings. The minimum Gasteiger partial charge on any atom is -0.491 e. The molecule has 4 rings (SSSR count). The second-order valence-electron chi connectivity index (χ2n) is 9.18. The number of hydrogen-bond donors (Lipinski definition) is 1. The normalized spacial score (nSPS) is 20.7. The van der Waals surface area contributed by atoms with Gasteiger partial charge in [-0.05, 0) is 80.0 Å². The molecule has 2 fully saturated rings. The van der Waals surface area contributed by atoms with Gasteiger partial charge in [0.1, 0.15) is 12.4 Å². The third-order valence-electron chi connectivity index (χ3n) is 6.97. The SMILES string of the molecule is COCCOc1cccc([C@H]2CCNC[C@@H]2C(=O)N(Cc2cccc(C)c2C)C2CC2)c1. The van der Waals surface area contributed by atoms with Crippen molar-refractivity contribution in [1.82, 2.24) is 10.2 Å². The number of nitrogens with zero attached hydrogens (tertiary/aromatic N) is 1. The molecule has 2 atom stereocenters. The van der Waals surface area contributed by atoms with E-state index < -0.39 is 0 Å². The van der Waals surface area contributed by atoms with Gasteiger partial charge in [0.2, 0.25) is 5.91 Å². The molecule has 1 N–H and O–H groups in total. The molecule has 32 heavy (non-hydrogen) atoms. The van der Waals surface area contributed by atoms with E-state index in [-0.39, 0.29) is 17.7 Å². The molecule has 5 nitrogen and oxygen atoms in total. The lowest BCUT2D eigenvalue weighted by molar-refractivity contribution is -0.138. The summed E-state index contributed by atoms with van der Waals surface area (Å²) in [5, 5.41) is 3.48. The molecule has 1 aliphatic heterocycles. The third kappa shape index (κ3) is 5.33. The summed E-state index contributed by atoms with van der Waals surface area (Å²) in [6, 6.07) is 15.1. The Balaban J connectivity index is 1.54. The van der Waals surface area contributed by atoms with Crippen molar-refractivity contribution in [3.63, 3.8) is 0 Å². The number of ether oxygens (including phenoxy) is 2. The Morgan fingerprint density at radius 1 is 1.09 bits per heavy atom. The van der Waals surface area contributed by atoms with Crippen LogP contribution >= 0.6 is 0 Å². The molecule has 1 heterocycles. The van der Waals surface area contributed by atoms with Crippen molar-refractivity contribution in [2.75, 3.05) is 33.4 Å². The fourth-order valence-electron chi connectivity index (χ4n) is 4.75. The summed E-state index contributed by atoms with van der Waals surface area (Å²) in [6.07, 6.45) is 3.19. The Morgan fingerprint density at radius 2 is 1.91 bits per heavy atom. The van der Waals surface area contributed by atoms with Crippen LogP contribution in [0, 0.1) is 19.8 Å². The van der Waals surface area contributed by atoms with Crippen LogP contribution in [0.5, 0.6) is 5.75 Å². The molecule has 1 amide bonds. The lowest BCUT2D eigenvalue weighted by Crippen LogP contribution is -2.47. The number of nitrogens with one attached hydrogen (secondary N) is 1. The van der Waals surface area contributed by atoms with Crippen LogP contribution in [0.3, 0.4) is 0 Å². The fourth-order valence-corrected chi connectivity index (χ4v) is 4.75. The van der Waals surface area contributed by atoms with E-state index in [1.165, 1.54) is 22.3 Å². The minimum absolute atomic E-state index is 0.0521. The summed E-state index contributed by atoms with van der Waals surface area (Å²) in [5.41, 5.74) is 5.04. The number of rotatable bonds is 9. The van der Waals surface area contributed by atoms with Crippen LogP contribution < -0.4 is 10.1 Å². The smallest absolute Gasteiger partial charge is 0.228 e. The van der Waals surface area contributed by atoms with Crippen molar-refractivity contribution in [3.8, 4) is 5.75 Å². The molecule has 5 heteroatoms. The van der Waals surface area contributed by atoms with Gasteiger partial charge in [0, 0.05) is 26.2 Å². The Hall–Kier alpha value is -2.37. The lowest BCUT2D eigenvalue weighted by Gasteiger charge is -2.36. The number of amides is 1. The van der Waals surface area contributed by atoms with Crippen LogP contribution in [0.1, 0.15) is 47.4 Å². The highest BCUT2D eigenvalue weighted by atomic mass is 16.5. The Morgan fingerprint density at radius 3 is 2.69 bits per heavy atom. The maximum absolute atomic E-state index is 13.9. The summed E-state index contributed by atoms with van der Waals surface area (Å²) < 4.78 is 10.9. The van der Waals surface area contributed by atoms with Gasteiger partial charge in [0.05, 0.1) is 12.5 Å². The summed E-state index contributed by atoms with van der Waals surface area (Å²) in [6.45, 7) is 7.77.